The molecule has 0 bridgehead atoms. The number of hydrogen-bond acceptors (Lipinski definition) is 6. The summed E-state index contributed by atoms with van der Waals surface area (Å²) in [6, 6.07) is 9.86. The van der Waals surface area contributed by atoms with Gasteiger partial charge in [-0.25, -0.2) is 0 Å². The Kier molecular flexibility index (Phi) is 8.20. The van der Waals surface area contributed by atoms with Gasteiger partial charge in [-0.3, -0.25) is 9.78 Å². The van der Waals surface area contributed by atoms with E-state index >= 15 is 0 Å². The number of anilines is 1. The van der Waals surface area contributed by atoms with E-state index < -0.39 is 0 Å². The van der Waals surface area contributed by atoms with Crippen LogP contribution in [0.5, 0.6) is 0 Å². The maximum Gasteiger partial charge on any atom is 0.237 e. The molecule has 0 aliphatic heterocycles. The van der Waals surface area contributed by atoms with Crippen LogP contribution in [0.1, 0.15) is 31.4 Å². The minimum atomic E-state index is -0.333. The van der Waals surface area contributed by atoms with Gasteiger partial charge in [0.1, 0.15) is 0 Å². The lowest BCUT2D eigenvalue weighted by molar-refractivity contribution is -0.115. The molecule has 0 saturated heterocycles. The number of aryl methyl sites for hydroxylation is 2. The van der Waals surface area contributed by atoms with Crippen molar-refractivity contribution in [1.82, 2.24) is 19.7 Å². The molecule has 2 heterocycles. The second-order valence-corrected chi connectivity index (χ2v) is 8.62. The summed E-state index contributed by atoms with van der Waals surface area (Å²) in [6.45, 7) is 9.93. The molecule has 1 atom stereocenters. The highest BCUT2D eigenvalue weighted by atomic mass is 32.2. The van der Waals surface area contributed by atoms with Gasteiger partial charge in [-0.1, -0.05) is 23.9 Å². The van der Waals surface area contributed by atoms with Crippen LogP contribution in [0.25, 0.3) is 11.4 Å². The number of benzene rings is 1. The first kappa shape index (κ1) is 23.0. The van der Waals surface area contributed by atoms with Gasteiger partial charge in [0, 0.05) is 43.4 Å². The predicted octanol–water partition coefficient (Wildman–Crippen LogP) is 4.50. The zero-order chi connectivity index (χ0) is 22.2. The molecular formula is C23H29N5O2S. The highest BCUT2D eigenvalue weighted by Gasteiger charge is 2.21. The highest BCUT2D eigenvalue weighted by Crippen LogP contribution is 2.28. The van der Waals surface area contributed by atoms with Crippen LogP contribution in [0.3, 0.4) is 0 Å². The van der Waals surface area contributed by atoms with E-state index in [2.05, 4.69) is 25.1 Å². The molecule has 7 nitrogen and oxygen atoms in total. The van der Waals surface area contributed by atoms with E-state index in [1.807, 2.05) is 58.0 Å². The van der Waals surface area contributed by atoms with Crippen LogP contribution in [0.2, 0.25) is 0 Å². The first-order valence-corrected chi connectivity index (χ1v) is 11.3. The zero-order valence-corrected chi connectivity index (χ0v) is 19.3. The fourth-order valence-corrected chi connectivity index (χ4v) is 3.95. The number of nitrogens with zero attached hydrogens (tertiary/aromatic N) is 4. The summed E-state index contributed by atoms with van der Waals surface area (Å²) in [5.41, 5.74) is 3.93. The summed E-state index contributed by atoms with van der Waals surface area (Å²) in [4.78, 5) is 16.9. The van der Waals surface area contributed by atoms with E-state index in [0.29, 0.717) is 24.9 Å². The van der Waals surface area contributed by atoms with E-state index in [0.717, 1.165) is 34.6 Å². The summed E-state index contributed by atoms with van der Waals surface area (Å²) in [5, 5.41) is 12.2. The van der Waals surface area contributed by atoms with Gasteiger partial charge in [-0.15, -0.1) is 10.2 Å². The molecule has 164 valence electrons. The second kappa shape index (κ2) is 11.1. The standard InChI is InChI=1S/C23H29N5O2S/c1-5-30-14-6-13-28-21(19-9-11-24-12-10-19)26-27-23(28)31-18(4)22(29)25-20-15-16(2)7-8-17(20)3/h7-12,15,18H,5-6,13-14H2,1-4H3,(H,25,29). The van der Waals surface area contributed by atoms with Gasteiger partial charge in [-0.05, 0) is 63.4 Å². The second-order valence-electron chi connectivity index (χ2n) is 7.31. The van der Waals surface area contributed by atoms with Gasteiger partial charge in [0.15, 0.2) is 11.0 Å². The SMILES string of the molecule is CCOCCCn1c(SC(C)C(=O)Nc2cc(C)ccc2C)nnc1-c1ccncc1. The van der Waals surface area contributed by atoms with Gasteiger partial charge < -0.3 is 14.6 Å². The molecule has 0 radical (unpaired) electrons. The molecule has 8 heteroatoms. The summed E-state index contributed by atoms with van der Waals surface area (Å²) in [7, 11) is 0. The Bertz CT molecular complexity index is 1010. The highest BCUT2D eigenvalue weighted by molar-refractivity contribution is 8.00. The largest absolute Gasteiger partial charge is 0.382 e. The number of amides is 1. The Morgan fingerprint density at radius 1 is 1.19 bits per heavy atom. The minimum Gasteiger partial charge on any atom is -0.382 e. The van der Waals surface area contributed by atoms with Gasteiger partial charge in [0.2, 0.25) is 5.91 Å². The first-order chi connectivity index (χ1) is 15.0. The molecular weight excluding hydrogens is 410 g/mol. The predicted molar refractivity (Wildman–Crippen MR) is 124 cm³/mol. The first-order valence-electron chi connectivity index (χ1n) is 10.5. The number of ether oxygens (including phenoxy) is 1. The molecule has 3 rings (SSSR count). The van der Waals surface area contributed by atoms with E-state index in [9.17, 15) is 4.79 Å². The Labute approximate surface area is 187 Å². The molecule has 0 saturated carbocycles. The fourth-order valence-electron chi connectivity index (χ4n) is 3.08. The number of pyridine rings is 1. The molecule has 1 aromatic carbocycles. The monoisotopic (exact) mass is 439 g/mol. The van der Waals surface area contributed by atoms with Gasteiger partial charge in [0.25, 0.3) is 0 Å². The number of hydrogen-bond donors (Lipinski definition) is 1. The van der Waals surface area contributed by atoms with E-state index in [1.54, 1.807) is 12.4 Å². The number of nitrogens with one attached hydrogen (secondary N) is 1. The molecule has 31 heavy (non-hydrogen) atoms. The van der Waals surface area contributed by atoms with Gasteiger partial charge in [0.05, 0.1) is 5.25 Å². The van der Waals surface area contributed by atoms with Crippen LogP contribution in [-0.2, 0) is 16.1 Å². The number of aromatic nitrogens is 4. The van der Waals surface area contributed by atoms with Crippen LogP contribution < -0.4 is 5.32 Å². The van der Waals surface area contributed by atoms with E-state index in [4.69, 9.17) is 4.74 Å². The van der Waals surface area contributed by atoms with Gasteiger partial charge in [-0.2, -0.15) is 0 Å². The lowest BCUT2D eigenvalue weighted by Crippen LogP contribution is -2.23. The third kappa shape index (κ3) is 6.15. The summed E-state index contributed by atoms with van der Waals surface area (Å²) in [5.74, 6) is 0.705. The van der Waals surface area contributed by atoms with Crippen molar-refractivity contribution in [2.75, 3.05) is 18.5 Å². The van der Waals surface area contributed by atoms with E-state index in [1.165, 1.54) is 11.8 Å². The van der Waals surface area contributed by atoms with Gasteiger partial charge >= 0.3 is 0 Å². The molecule has 1 N–H and O–H groups in total. The number of rotatable bonds is 10. The molecule has 1 amide bonds. The number of carbonyl (C=O) groups is 1. The average Bonchev–Trinajstić information content (AvgIpc) is 3.16. The summed E-state index contributed by atoms with van der Waals surface area (Å²) >= 11 is 1.41. The van der Waals surface area contributed by atoms with Crippen molar-refractivity contribution in [3.63, 3.8) is 0 Å². The summed E-state index contributed by atoms with van der Waals surface area (Å²) in [6.07, 6.45) is 4.31. The molecule has 0 spiro atoms. The smallest absolute Gasteiger partial charge is 0.237 e. The normalized spacial score (nSPS) is 12.0. The average molecular weight is 440 g/mol. The Hall–Kier alpha value is -2.71. The van der Waals surface area contributed by atoms with Crippen LogP contribution in [0, 0.1) is 13.8 Å². The summed E-state index contributed by atoms with van der Waals surface area (Å²) < 4.78 is 7.54. The van der Waals surface area contributed by atoms with Crippen molar-refractivity contribution < 1.29 is 9.53 Å². The molecule has 0 fully saturated rings. The molecule has 0 aliphatic rings. The minimum absolute atomic E-state index is 0.0620. The molecule has 0 aliphatic carbocycles. The number of carbonyl (C=O) groups excluding carboxylic acids is 1. The molecule has 3 aromatic rings. The Balaban J connectivity index is 1.76. The maximum atomic E-state index is 12.8. The van der Waals surface area contributed by atoms with Crippen LogP contribution in [0.15, 0.2) is 47.9 Å². The molecule has 2 aromatic heterocycles. The lowest BCUT2D eigenvalue weighted by Gasteiger charge is -2.15. The van der Waals surface area contributed by atoms with Crippen LogP contribution >= 0.6 is 11.8 Å². The third-order valence-corrected chi connectivity index (χ3v) is 5.91. The van der Waals surface area contributed by atoms with Crippen molar-refractivity contribution in [2.24, 2.45) is 0 Å². The van der Waals surface area contributed by atoms with Crippen LogP contribution in [-0.4, -0.2) is 44.1 Å². The fraction of sp³-hybridized carbons (Fsp3) is 0.391. The van der Waals surface area contributed by atoms with Crippen molar-refractivity contribution in [2.45, 2.75) is 51.1 Å². The van der Waals surface area contributed by atoms with Crippen molar-refractivity contribution in [3.05, 3.63) is 53.9 Å². The van der Waals surface area contributed by atoms with Crippen molar-refractivity contribution >= 4 is 23.4 Å². The maximum absolute atomic E-state index is 12.8. The van der Waals surface area contributed by atoms with Crippen molar-refractivity contribution in [3.8, 4) is 11.4 Å². The zero-order valence-electron chi connectivity index (χ0n) is 18.5. The number of thioether (sulfide) groups is 1. The van der Waals surface area contributed by atoms with Crippen molar-refractivity contribution in [1.29, 1.82) is 0 Å². The Morgan fingerprint density at radius 3 is 2.71 bits per heavy atom. The quantitative estimate of drug-likeness (QED) is 0.370. The molecule has 1 unspecified atom stereocenters. The van der Waals surface area contributed by atoms with E-state index in [-0.39, 0.29) is 11.2 Å². The topological polar surface area (TPSA) is 81.9 Å². The Morgan fingerprint density at radius 2 is 1.97 bits per heavy atom. The van der Waals surface area contributed by atoms with Crippen LogP contribution in [0.4, 0.5) is 5.69 Å². The third-order valence-electron chi connectivity index (χ3n) is 4.83. The lowest BCUT2D eigenvalue weighted by atomic mass is 10.1.